The molecule has 9 amide bonds. The molecule has 89 heavy (non-hydrogen) atoms. The highest BCUT2D eigenvalue weighted by Gasteiger charge is 2.37. The van der Waals surface area contributed by atoms with Crippen LogP contribution in [-0.2, 0) is 62.5 Å². The van der Waals surface area contributed by atoms with E-state index < -0.39 is 102 Å². The number of anilines is 1. The molecule has 4 aromatic rings. The Morgan fingerprint density at radius 1 is 0.775 bits per heavy atom. The number of imidazole rings is 1. The van der Waals surface area contributed by atoms with E-state index in [1.54, 1.807) is 36.9 Å². The number of phenolic OH excluding ortho intramolecular Hbond substituents is 1. The maximum atomic E-state index is 14.9. The van der Waals surface area contributed by atoms with Gasteiger partial charge in [0, 0.05) is 71.5 Å². The summed E-state index contributed by atoms with van der Waals surface area (Å²) in [6, 6.07) is 2.54. The predicted octanol–water partition coefficient (Wildman–Crippen LogP) is -2.36. The number of fused-ring (bicyclic) bond motifs is 1. The van der Waals surface area contributed by atoms with Crippen LogP contribution in [0.3, 0.4) is 0 Å². The van der Waals surface area contributed by atoms with E-state index in [1.807, 2.05) is 18.7 Å². The molecule has 30 heteroatoms. The number of piperazine rings is 1. The van der Waals surface area contributed by atoms with E-state index in [1.165, 1.54) is 57.2 Å². The predicted molar refractivity (Wildman–Crippen MR) is 332 cm³/mol. The second-order valence-corrected chi connectivity index (χ2v) is 22.7. The number of likely N-dealkylation sites (N-methyl/N-ethyl adjacent to an activating group) is 2. The molecule has 0 saturated carbocycles. The molecule has 486 valence electrons. The molecule has 30 nitrogen and oxygen atoms in total. The zero-order valence-corrected chi connectivity index (χ0v) is 51.5. The lowest BCUT2D eigenvalue weighted by atomic mass is 9.98. The van der Waals surface area contributed by atoms with Crippen molar-refractivity contribution < 1.29 is 48.3 Å². The van der Waals surface area contributed by atoms with Gasteiger partial charge in [0.15, 0.2) is 5.96 Å². The maximum Gasteiger partial charge on any atom is 0.261 e. The van der Waals surface area contributed by atoms with Gasteiger partial charge in [-0.15, -0.1) is 0 Å². The van der Waals surface area contributed by atoms with Crippen LogP contribution >= 0.6 is 0 Å². The van der Waals surface area contributed by atoms with Gasteiger partial charge in [0.25, 0.3) is 5.56 Å². The van der Waals surface area contributed by atoms with Gasteiger partial charge in [-0.2, -0.15) is 0 Å². The second kappa shape index (κ2) is 34.4. The fourth-order valence-corrected chi connectivity index (χ4v) is 10.2. The molecule has 1 aliphatic heterocycles. The van der Waals surface area contributed by atoms with E-state index in [0.717, 1.165) is 9.47 Å². The normalized spacial score (nSPS) is 15.0. The number of amides is 9. The van der Waals surface area contributed by atoms with Gasteiger partial charge in [-0.05, 0) is 92.8 Å². The van der Waals surface area contributed by atoms with Crippen molar-refractivity contribution in [3.8, 4) is 5.75 Å². The smallest absolute Gasteiger partial charge is 0.261 e. The number of H-pyrrole nitrogens is 1. The molecule has 1 aliphatic rings. The summed E-state index contributed by atoms with van der Waals surface area (Å²) in [7, 11) is 2.64. The topological polar surface area (TPSA) is 459 Å². The van der Waals surface area contributed by atoms with E-state index in [-0.39, 0.29) is 79.4 Å². The van der Waals surface area contributed by atoms with Gasteiger partial charge in [0.2, 0.25) is 53.2 Å². The number of carbonyl (C=O) groups excluding carboxylic acids is 9. The minimum Gasteiger partial charge on any atom is -0.508 e. The molecule has 0 unspecified atom stereocenters. The fraction of sp³-hybridized carbons (Fsp3) is 0.542. The lowest BCUT2D eigenvalue weighted by Crippen LogP contribution is -2.60. The number of nitrogens with one attached hydrogen (secondary N) is 9. The number of primary amides is 1. The zero-order valence-electron chi connectivity index (χ0n) is 51.5. The Morgan fingerprint density at radius 3 is 2.04 bits per heavy atom. The molecule has 0 spiro atoms. The van der Waals surface area contributed by atoms with Crippen molar-refractivity contribution in [2.75, 3.05) is 58.3 Å². The van der Waals surface area contributed by atoms with Crippen molar-refractivity contribution in [2.45, 2.75) is 141 Å². The SMILES string of the molecule is CC[C@H](C)[C@H](N)C(=O)N[C@@H](CCCCN)C(=O)N1CCN(c2ccc3ncn(CC(=O)N[C@@H](CCCNC(=N)N)C(=O)N(C)[C@@H](Cc4c[nH]cn4)C(=O)N[C@@H](Cc4ccc(O)cc4)C(=O)N[C@@H](CC(C)C)C(=O)N[C@@H](CC(N)=O)C(=O)NC)c(=O)c3c2)CC1. The molecular formula is C59H89N19O11. The zero-order chi connectivity index (χ0) is 65.5. The van der Waals surface area contributed by atoms with Crippen LogP contribution in [0.15, 0.2) is 66.1 Å². The van der Waals surface area contributed by atoms with Crippen LogP contribution in [0.25, 0.3) is 10.9 Å². The van der Waals surface area contributed by atoms with Crippen LogP contribution in [0.1, 0.15) is 90.3 Å². The van der Waals surface area contributed by atoms with Gasteiger partial charge in [-0.25, -0.2) is 9.97 Å². The van der Waals surface area contributed by atoms with Crippen molar-refractivity contribution in [3.05, 3.63) is 82.9 Å². The van der Waals surface area contributed by atoms with Crippen LogP contribution in [-0.4, -0.2) is 189 Å². The lowest BCUT2D eigenvalue weighted by Gasteiger charge is -2.38. The number of nitrogens with zero attached hydrogens (tertiary/aromatic N) is 6. The Hall–Kier alpha value is -9.19. The summed E-state index contributed by atoms with van der Waals surface area (Å²) in [4.78, 5) is 154. The molecule has 3 heterocycles. The molecule has 1 saturated heterocycles. The van der Waals surface area contributed by atoms with Gasteiger partial charge in [0.05, 0.1) is 41.7 Å². The van der Waals surface area contributed by atoms with E-state index in [0.29, 0.717) is 80.9 Å². The Balaban J connectivity index is 1.37. The summed E-state index contributed by atoms with van der Waals surface area (Å²) < 4.78 is 1.09. The number of aromatic nitrogens is 4. The molecule has 18 N–H and O–H groups in total. The minimum absolute atomic E-state index is 0.0527. The number of carbonyl (C=O) groups is 9. The van der Waals surface area contributed by atoms with Crippen molar-refractivity contribution in [1.29, 1.82) is 5.41 Å². The number of phenols is 1. The summed E-state index contributed by atoms with van der Waals surface area (Å²) >= 11 is 0. The third-order valence-corrected chi connectivity index (χ3v) is 15.5. The standard InChI is InChI=1S/C59H89N19O11/c1-7-35(4)50(62)55(86)71-43(11-8-9-19-60)58(89)77-23-21-76(22-24-77)38-15-18-41-40(28-38)56(87)78(33-69-41)31-49(81)70-42(12-10-20-67-59(63)64)57(88)75(6)47(27-37-30-66-32-68-37)54(85)74-45(26-36-13-16-39(79)17-14-36)53(84)72-44(25-34(2)3)52(83)73-46(29-48(61)80)51(82)65-5/h13-18,28,30,32-35,42-47,50,79H,7-12,19-27,29,31,60,62H2,1-6H3,(H2,61,80)(H,65,82)(H,66,68)(H,70,81)(H,71,86)(H,72,84)(H,73,83)(H,74,85)(H4,63,64,67)/t35-,42-,43-,44-,45-,46-,47-,50-/m0/s1. The highest BCUT2D eigenvalue weighted by atomic mass is 16.3. The summed E-state index contributed by atoms with van der Waals surface area (Å²) in [6.07, 6.45) is 5.74. The van der Waals surface area contributed by atoms with Gasteiger partial charge < -0.3 is 84.9 Å². The average molecular weight is 1240 g/mol. The molecule has 5 rings (SSSR count). The summed E-state index contributed by atoms with van der Waals surface area (Å²) in [5.41, 5.74) is 24.1. The molecule has 8 atom stereocenters. The Bertz CT molecular complexity index is 3130. The second-order valence-electron chi connectivity index (χ2n) is 22.7. The Morgan fingerprint density at radius 2 is 1.43 bits per heavy atom. The van der Waals surface area contributed by atoms with Gasteiger partial charge in [-0.1, -0.05) is 46.2 Å². The van der Waals surface area contributed by atoms with Crippen LogP contribution in [0, 0.1) is 17.2 Å². The fourth-order valence-electron chi connectivity index (χ4n) is 10.2. The first kappa shape index (κ1) is 70.6. The minimum atomic E-state index is -1.45. The molecule has 0 aliphatic carbocycles. The van der Waals surface area contributed by atoms with Gasteiger partial charge in [-0.3, -0.25) is 57.9 Å². The quantitative estimate of drug-likeness (QED) is 0.0132. The number of nitrogens with two attached hydrogens (primary N) is 4. The number of benzene rings is 2. The average Bonchev–Trinajstić information content (AvgIpc) is 4.26. The first-order chi connectivity index (χ1) is 42.3. The number of guanidine groups is 1. The largest absolute Gasteiger partial charge is 0.508 e. The molecule has 2 aromatic carbocycles. The molecular weight excluding hydrogens is 1150 g/mol. The van der Waals surface area contributed by atoms with Gasteiger partial charge in [0.1, 0.15) is 48.5 Å². The number of hydrogen-bond acceptors (Lipinski definition) is 17. The highest BCUT2D eigenvalue weighted by Crippen LogP contribution is 2.22. The van der Waals surface area contributed by atoms with Crippen LogP contribution in [0.2, 0.25) is 0 Å². The first-order valence-corrected chi connectivity index (χ1v) is 29.9. The molecule has 2 aromatic heterocycles. The summed E-state index contributed by atoms with van der Waals surface area (Å²) in [6.45, 7) is 8.84. The van der Waals surface area contributed by atoms with E-state index in [9.17, 15) is 53.1 Å². The molecule has 0 radical (unpaired) electrons. The van der Waals surface area contributed by atoms with Crippen molar-refractivity contribution in [2.24, 2.45) is 34.8 Å². The van der Waals surface area contributed by atoms with Crippen LogP contribution in [0.5, 0.6) is 5.75 Å². The molecule has 1 fully saturated rings. The maximum absolute atomic E-state index is 14.9. The van der Waals surface area contributed by atoms with Crippen molar-refractivity contribution >= 4 is 75.7 Å². The Labute approximate surface area is 516 Å². The van der Waals surface area contributed by atoms with Crippen molar-refractivity contribution in [3.63, 3.8) is 0 Å². The Kier molecular flexibility index (Phi) is 27.3. The number of aromatic amines is 1. The van der Waals surface area contributed by atoms with Crippen molar-refractivity contribution in [1.82, 2.24) is 66.5 Å². The van der Waals surface area contributed by atoms with Gasteiger partial charge >= 0.3 is 0 Å². The summed E-state index contributed by atoms with van der Waals surface area (Å²) in [5, 5.41) is 36.5. The van der Waals surface area contributed by atoms with E-state index in [4.69, 9.17) is 28.3 Å². The number of aromatic hydroxyl groups is 1. The molecule has 0 bridgehead atoms. The van der Waals surface area contributed by atoms with E-state index >= 15 is 0 Å². The van der Waals surface area contributed by atoms with Crippen LogP contribution in [0.4, 0.5) is 5.69 Å². The third-order valence-electron chi connectivity index (χ3n) is 15.5. The number of rotatable bonds is 34. The lowest BCUT2D eigenvalue weighted by molar-refractivity contribution is -0.143. The van der Waals surface area contributed by atoms with E-state index in [2.05, 4.69) is 52.2 Å². The first-order valence-electron chi connectivity index (χ1n) is 29.9. The number of unbranched alkanes of at least 4 members (excludes halogenated alkanes) is 1. The summed E-state index contributed by atoms with van der Waals surface area (Å²) in [5.74, 6) is -6.92. The van der Waals surface area contributed by atoms with Crippen LogP contribution < -0.4 is 70.6 Å². The monoisotopic (exact) mass is 1240 g/mol. The highest BCUT2D eigenvalue weighted by molar-refractivity contribution is 5.97. The number of hydrogen-bond donors (Lipinski definition) is 14. The third kappa shape index (κ3) is 21.3.